The molecule has 1 fully saturated rings. The highest BCUT2D eigenvalue weighted by molar-refractivity contribution is 5.77. The zero-order valence-electron chi connectivity index (χ0n) is 12.0. The summed E-state index contributed by atoms with van der Waals surface area (Å²) in [7, 11) is 1.11. The van der Waals surface area contributed by atoms with Gasteiger partial charge in [0.15, 0.2) is 12.2 Å². The van der Waals surface area contributed by atoms with Crippen molar-refractivity contribution < 1.29 is 42.9 Å². The zero-order valence-corrected chi connectivity index (χ0v) is 12.0. The van der Waals surface area contributed by atoms with E-state index in [2.05, 4.69) is 4.74 Å². The molecule has 0 amide bonds. The number of ether oxygens (including phenoxy) is 5. The summed E-state index contributed by atoms with van der Waals surface area (Å²) in [5.74, 6) is -3.01. The summed E-state index contributed by atoms with van der Waals surface area (Å²) < 4.78 is 24.4. The molecule has 0 radical (unpaired) electrons. The van der Waals surface area contributed by atoms with E-state index in [9.17, 15) is 19.2 Å². The van der Waals surface area contributed by atoms with E-state index >= 15 is 0 Å². The molecule has 0 N–H and O–H groups in total. The number of methoxy groups -OCH3 is 1. The Balaban J connectivity index is 3.05. The Bertz CT molecular complexity index is 444. The van der Waals surface area contributed by atoms with E-state index in [-0.39, 0.29) is 0 Å². The Morgan fingerprint density at radius 2 is 1.29 bits per heavy atom. The molecule has 9 heteroatoms. The second kappa shape index (κ2) is 7.02. The molecule has 0 aromatic heterocycles. The molecule has 1 rings (SSSR count). The van der Waals surface area contributed by atoms with Crippen LogP contribution in [0.25, 0.3) is 0 Å². The van der Waals surface area contributed by atoms with Gasteiger partial charge in [-0.15, -0.1) is 0 Å². The molecule has 0 unspecified atom stereocenters. The highest BCUT2D eigenvalue weighted by atomic mass is 16.8. The van der Waals surface area contributed by atoms with Gasteiger partial charge >= 0.3 is 23.9 Å². The third-order valence-corrected chi connectivity index (χ3v) is 2.49. The largest absolute Gasteiger partial charge is 0.467 e. The normalized spacial score (nSPS) is 27.6. The SMILES string of the molecule is COC(=O)[C@H]1O[C@H](OC(C)=O)[C@@H](OC(C)=O)[C@@H]1OC(C)=O. The van der Waals surface area contributed by atoms with Gasteiger partial charge in [-0.25, -0.2) is 4.79 Å². The monoisotopic (exact) mass is 304 g/mol. The average Bonchev–Trinajstić information content (AvgIpc) is 2.65. The van der Waals surface area contributed by atoms with E-state index in [0.29, 0.717) is 0 Å². The molecule has 0 bridgehead atoms. The van der Waals surface area contributed by atoms with Crippen molar-refractivity contribution in [3.05, 3.63) is 0 Å². The van der Waals surface area contributed by atoms with Gasteiger partial charge in [0.2, 0.25) is 12.4 Å². The molecular weight excluding hydrogens is 288 g/mol. The van der Waals surface area contributed by atoms with Crippen molar-refractivity contribution in [2.45, 2.75) is 45.4 Å². The first-order chi connectivity index (χ1) is 9.76. The van der Waals surface area contributed by atoms with Crippen molar-refractivity contribution in [1.82, 2.24) is 0 Å². The predicted octanol–water partition coefficient (Wildman–Crippen LogP) is -0.689. The number of carbonyl (C=O) groups is 4. The molecule has 1 aliphatic heterocycles. The lowest BCUT2D eigenvalue weighted by Gasteiger charge is -2.22. The van der Waals surface area contributed by atoms with Gasteiger partial charge in [-0.2, -0.15) is 0 Å². The molecule has 118 valence electrons. The fourth-order valence-corrected chi connectivity index (χ4v) is 1.83. The summed E-state index contributed by atoms with van der Waals surface area (Å²) in [6.07, 6.45) is -5.28. The first kappa shape index (κ1) is 16.9. The van der Waals surface area contributed by atoms with Crippen molar-refractivity contribution in [3.63, 3.8) is 0 Å². The summed E-state index contributed by atoms with van der Waals surface area (Å²) in [6, 6.07) is 0. The molecule has 1 aliphatic rings. The third-order valence-electron chi connectivity index (χ3n) is 2.49. The Kier molecular flexibility index (Phi) is 5.65. The van der Waals surface area contributed by atoms with Crippen LogP contribution in [0, 0.1) is 0 Å². The van der Waals surface area contributed by atoms with E-state index in [4.69, 9.17) is 18.9 Å². The molecule has 0 aromatic carbocycles. The highest BCUT2D eigenvalue weighted by Crippen LogP contribution is 2.28. The van der Waals surface area contributed by atoms with Gasteiger partial charge < -0.3 is 23.7 Å². The molecule has 21 heavy (non-hydrogen) atoms. The zero-order chi connectivity index (χ0) is 16.2. The fourth-order valence-electron chi connectivity index (χ4n) is 1.83. The summed E-state index contributed by atoms with van der Waals surface area (Å²) in [5.41, 5.74) is 0. The van der Waals surface area contributed by atoms with Crippen LogP contribution in [-0.2, 0) is 42.9 Å². The molecule has 0 saturated carbocycles. The van der Waals surface area contributed by atoms with Gasteiger partial charge in [0.1, 0.15) is 0 Å². The first-order valence-electron chi connectivity index (χ1n) is 6.01. The predicted molar refractivity (Wildman–Crippen MR) is 63.6 cm³/mol. The standard InChI is InChI=1S/C12H16O9/c1-5(13)18-8-9(11(16)17-4)21-12(20-7(3)15)10(8)19-6(2)14/h8-10,12H,1-4H3/t8-,9+,10+,12+/m1/s1. The average molecular weight is 304 g/mol. The third kappa shape index (κ3) is 4.42. The van der Waals surface area contributed by atoms with E-state index in [1.165, 1.54) is 0 Å². The van der Waals surface area contributed by atoms with Crippen LogP contribution in [0.3, 0.4) is 0 Å². The van der Waals surface area contributed by atoms with Crippen LogP contribution in [-0.4, -0.2) is 55.6 Å². The minimum Gasteiger partial charge on any atom is -0.467 e. The Labute approximate surface area is 120 Å². The summed E-state index contributed by atoms with van der Waals surface area (Å²) >= 11 is 0. The molecule has 1 heterocycles. The first-order valence-corrected chi connectivity index (χ1v) is 6.01. The van der Waals surface area contributed by atoms with Crippen molar-refractivity contribution in [2.24, 2.45) is 0 Å². The van der Waals surface area contributed by atoms with E-state index in [1.807, 2.05) is 0 Å². The minimum atomic E-state index is -1.38. The van der Waals surface area contributed by atoms with Crippen LogP contribution >= 0.6 is 0 Å². The number of hydrogen-bond donors (Lipinski definition) is 0. The maximum Gasteiger partial charge on any atom is 0.339 e. The lowest BCUT2D eigenvalue weighted by atomic mass is 10.1. The van der Waals surface area contributed by atoms with Crippen LogP contribution in [0.2, 0.25) is 0 Å². The van der Waals surface area contributed by atoms with Crippen molar-refractivity contribution in [3.8, 4) is 0 Å². The summed E-state index contributed by atoms with van der Waals surface area (Å²) in [5, 5.41) is 0. The van der Waals surface area contributed by atoms with Crippen LogP contribution in [0.1, 0.15) is 20.8 Å². The number of esters is 4. The molecule has 0 aliphatic carbocycles. The van der Waals surface area contributed by atoms with Crippen molar-refractivity contribution >= 4 is 23.9 Å². The maximum atomic E-state index is 11.6. The lowest BCUT2D eigenvalue weighted by molar-refractivity contribution is -0.198. The second-order valence-electron chi connectivity index (χ2n) is 4.21. The topological polar surface area (TPSA) is 114 Å². The molecule has 1 saturated heterocycles. The van der Waals surface area contributed by atoms with Gasteiger partial charge in [-0.05, 0) is 0 Å². The van der Waals surface area contributed by atoms with Gasteiger partial charge in [0.25, 0.3) is 0 Å². The molecule has 4 atom stereocenters. The Morgan fingerprint density at radius 1 is 0.810 bits per heavy atom. The van der Waals surface area contributed by atoms with Crippen LogP contribution in [0.15, 0.2) is 0 Å². The lowest BCUT2D eigenvalue weighted by Crippen LogP contribution is -2.43. The fraction of sp³-hybridized carbons (Fsp3) is 0.667. The smallest absolute Gasteiger partial charge is 0.339 e. The van der Waals surface area contributed by atoms with Gasteiger partial charge in [0, 0.05) is 20.8 Å². The van der Waals surface area contributed by atoms with Crippen LogP contribution in [0.4, 0.5) is 0 Å². The van der Waals surface area contributed by atoms with Crippen molar-refractivity contribution in [2.75, 3.05) is 7.11 Å². The number of rotatable bonds is 4. The molecular formula is C12H16O9. The summed E-state index contributed by atoms with van der Waals surface area (Å²) in [6.45, 7) is 3.33. The van der Waals surface area contributed by atoms with E-state index in [0.717, 1.165) is 27.9 Å². The van der Waals surface area contributed by atoms with E-state index < -0.39 is 48.5 Å². The minimum absolute atomic E-state index is 0.718. The van der Waals surface area contributed by atoms with Crippen LogP contribution in [0.5, 0.6) is 0 Å². The molecule has 0 aromatic rings. The Morgan fingerprint density at radius 3 is 1.71 bits per heavy atom. The van der Waals surface area contributed by atoms with Crippen molar-refractivity contribution in [1.29, 1.82) is 0 Å². The molecule has 9 nitrogen and oxygen atoms in total. The van der Waals surface area contributed by atoms with Gasteiger partial charge in [-0.3, -0.25) is 14.4 Å². The number of hydrogen-bond acceptors (Lipinski definition) is 9. The van der Waals surface area contributed by atoms with Gasteiger partial charge in [0.05, 0.1) is 7.11 Å². The van der Waals surface area contributed by atoms with Gasteiger partial charge in [-0.1, -0.05) is 0 Å². The van der Waals surface area contributed by atoms with Crippen LogP contribution < -0.4 is 0 Å². The van der Waals surface area contributed by atoms with E-state index in [1.54, 1.807) is 0 Å². The second-order valence-corrected chi connectivity index (χ2v) is 4.21. The molecule has 0 spiro atoms. The Hall–Kier alpha value is -2.16. The summed E-state index contributed by atoms with van der Waals surface area (Å²) in [4.78, 5) is 45.0. The maximum absolute atomic E-state index is 11.6. The quantitative estimate of drug-likeness (QED) is 0.491. The number of carbonyl (C=O) groups excluding carboxylic acids is 4. The highest BCUT2D eigenvalue weighted by Gasteiger charge is 2.54.